The van der Waals surface area contributed by atoms with Gasteiger partial charge in [-0.2, -0.15) is 0 Å². The summed E-state index contributed by atoms with van der Waals surface area (Å²) < 4.78 is 69.4. The van der Waals surface area contributed by atoms with Gasteiger partial charge in [-0.1, -0.05) is 12.1 Å². The van der Waals surface area contributed by atoms with E-state index >= 15 is 0 Å². The van der Waals surface area contributed by atoms with E-state index in [-0.39, 0.29) is 22.6 Å². The largest absolute Gasteiger partial charge is 0.508 e. The minimum atomic E-state index is -2.42. The summed E-state index contributed by atoms with van der Waals surface area (Å²) in [5, 5.41) is 10.2. The van der Waals surface area contributed by atoms with Gasteiger partial charge in [0.15, 0.2) is 23.3 Å². The summed E-state index contributed by atoms with van der Waals surface area (Å²) in [5.74, 6) is -19.4. The number of ketones is 1. The lowest BCUT2D eigenvalue weighted by Gasteiger charge is -2.43. The monoisotopic (exact) mass is 423 g/mol. The van der Waals surface area contributed by atoms with Crippen molar-refractivity contribution in [3.05, 3.63) is 58.4 Å². The molecule has 1 saturated heterocycles. The summed E-state index contributed by atoms with van der Waals surface area (Å²) in [6, 6.07) is 4.28. The van der Waals surface area contributed by atoms with Gasteiger partial charge < -0.3 is 5.11 Å². The number of halogens is 5. The van der Waals surface area contributed by atoms with Gasteiger partial charge >= 0.3 is 0 Å². The predicted octanol–water partition coefficient (Wildman–Crippen LogP) is 3.05. The first-order chi connectivity index (χ1) is 14.2. The molecule has 154 valence electrons. The molecular formula is C20H10F5NO4. The topological polar surface area (TPSA) is 74.7 Å². The van der Waals surface area contributed by atoms with E-state index in [1.54, 1.807) is 0 Å². The van der Waals surface area contributed by atoms with Crippen LogP contribution in [0.25, 0.3) is 0 Å². The predicted molar refractivity (Wildman–Crippen MR) is 88.9 cm³/mol. The van der Waals surface area contributed by atoms with Crippen LogP contribution in [-0.4, -0.2) is 22.7 Å². The molecule has 4 atom stereocenters. The molecule has 1 aliphatic heterocycles. The molecule has 1 heterocycles. The molecular weight excluding hydrogens is 413 g/mol. The average Bonchev–Trinajstić information content (AvgIpc) is 2.97. The number of fused-ring (bicyclic) bond motifs is 1. The van der Waals surface area contributed by atoms with Crippen LogP contribution < -0.4 is 4.90 Å². The minimum absolute atomic E-state index is 0.0485. The van der Waals surface area contributed by atoms with Crippen LogP contribution in [-0.2, 0) is 14.4 Å². The molecule has 30 heavy (non-hydrogen) atoms. The number of aromatic hydroxyl groups is 1. The molecule has 2 fully saturated rings. The Kier molecular flexibility index (Phi) is 3.66. The Balaban J connectivity index is 1.72. The van der Waals surface area contributed by atoms with Crippen LogP contribution in [0.1, 0.15) is 29.4 Å². The van der Waals surface area contributed by atoms with Gasteiger partial charge in [0.1, 0.15) is 17.2 Å². The number of nitrogens with zero attached hydrogens (tertiary/aromatic N) is 1. The van der Waals surface area contributed by atoms with Crippen LogP contribution >= 0.6 is 0 Å². The Bertz CT molecular complexity index is 1170. The number of carbonyl (C=O) groups excluding carboxylic acids is 3. The van der Waals surface area contributed by atoms with Crippen LogP contribution in [0.15, 0.2) is 18.2 Å². The molecule has 0 radical (unpaired) electrons. The maximum absolute atomic E-state index is 14.3. The van der Waals surface area contributed by atoms with Crippen molar-refractivity contribution in [1.29, 1.82) is 0 Å². The molecule has 4 aliphatic rings. The van der Waals surface area contributed by atoms with Gasteiger partial charge in [-0.25, -0.2) is 26.9 Å². The van der Waals surface area contributed by atoms with Crippen molar-refractivity contribution in [2.45, 2.75) is 18.3 Å². The molecule has 0 aromatic heterocycles. The molecule has 5 nitrogen and oxygen atoms in total. The highest BCUT2D eigenvalue weighted by atomic mass is 19.2. The van der Waals surface area contributed by atoms with Crippen molar-refractivity contribution in [2.75, 3.05) is 4.90 Å². The second-order valence-electron chi connectivity index (χ2n) is 7.52. The molecule has 3 aliphatic carbocycles. The summed E-state index contributed by atoms with van der Waals surface area (Å²) in [7, 11) is 0. The van der Waals surface area contributed by atoms with E-state index < -0.39 is 76.0 Å². The summed E-state index contributed by atoms with van der Waals surface area (Å²) in [4.78, 5) is 38.6. The zero-order chi connectivity index (χ0) is 21.6. The standard InChI is InChI=1S/C20H10F5NO4/c21-13-14(22)16(24)18(17(25)15(13)23)26-19(29)11-6-4-8(28)10(12(11)20(26)30)5-2-1-3-7(27)9(5)6/h1-3,6,10-12,27H,4H2/t6-,10-,11+,12-/m0/s1. The number of Topliss-reactive ketones (excluding diaryl/α,β-unsaturated/α-hetero) is 1. The van der Waals surface area contributed by atoms with E-state index in [0.29, 0.717) is 5.56 Å². The van der Waals surface area contributed by atoms with Crippen molar-refractivity contribution in [3.8, 4) is 5.75 Å². The first-order valence-electron chi connectivity index (χ1n) is 8.90. The minimum Gasteiger partial charge on any atom is -0.508 e. The van der Waals surface area contributed by atoms with E-state index in [0.717, 1.165) is 0 Å². The van der Waals surface area contributed by atoms with Crippen LogP contribution in [0.3, 0.4) is 0 Å². The fourth-order valence-corrected chi connectivity index (χ4v) is 5.06. The van der Waals surface area contributed by atoms with Gasteiger partial charge in [-0.15, -0.1) is 0 Å². The lowest BCUT2D eigenvalue weighted by molar-refractivity contribution is -0.134. The third-order valence-electron chi connectivity index (χ3n) is 6.19. The summed E-state index contributed by atoms with van der Waals surface area (Å²) in [6.45, 7) is 0. The third-order valence-corrected chi connectivity index (χ3v) is 6.19. The number of phenols is 1. The smallest absolute Gasteiger partial charge is 0.238 e. The molecule has 1 N–H and O–H groups in total. The van der Waals surface area contributed by atoms with Crippen molar-refractivity contribution in [3.63, 3.8) is 0 Å². The van der Waals surface area contributed by atoms with Crippen LogP contribution in [0.5, 0.6) is 5.75 Å². The van der Waals surface area contributed by atoms with Crippen LogP contribution in [0.2, 0.25) is 0 Å². The number of hydrogen-bond acceptors (Lipinski definition) is 4. The molecule has 2 aromatic carbocycles. The summed E-state index contributed by atoms with van der Waals surface area (Å²) in [5.41, 5.74) is -1.06. The number of imide groups is 1. The highest BCUT2D eigenvalue weighted by molar-refractivity contribution is 6.25. The Hall–Kier alpha value is -3.30. The zero-order valence-corrected chi connectivity index (χ0v) is 14.8. The molecule has 2 bridgehead atoms. The van der Waals surface area contributed by atoms with E-state index in [4.69, 9.17) is 0 Å². The molecule has 0 unspecified atom stereocenters. The molecule has 6 rings (SSSR count). The Morgan fingerprint density at radius 2 is 1.40 bits per heavy atom. The van der Waals surface area contributed by atoms with Gasteiger partial charge in [-0.05, 0) is 11.6 Å². The van der Waals surface area contributed by atoms with Crippen molar-refractivity contribution in [1.82, 2.24) is 0 Å². The quantitative estimate of drug-likeness (QED) is 0.331. The van der Waals surface area contributed by atoms with Gasteiger partial charge in [0, 0.05) is 17.9 Å². The maximum Gasteiger partial charge on any atom is 0.238 e. The van der Waals surface area contributed by atoms with E-state index in [2.05, 4.69) is 0 Å². The molecule has 1 saturated carbocycles. The molecule has 10 heteroatoms. The lowest BCUT2D eigenvalue weighted by Crippen LogP contribution is -2.45. The number of benzene rings is 2. The number of rotatable bonds is 1. The third kappa shape index (κ3) is 2.03. The van der Waals surface area contributed by atoms with Gasteiger partial charge in [0.25, 0.3) is 0 Å². The zero-order valence-electron chi connectivity index (χ0n) is 14.8. The highest BCUT2D eigenvalue weighted by Gasteiger charge is 2.64. The second kappa shape index (κ2) is 5.87. The number of amides is 2. The van der Waals surface area contributed by atoms with Crippen LogP contribution in [0.4, 0.5) is 27.6 Å². The SMILES string of the molecule is O=C1C[C@H]2c3c(O)cccc3[C@@H]1[C@@H]1C(=O)N(c3c(F)c(F)c(F)c(F)c3F)C(=O)[C@@H]12. The molecule has 2 aromatic rings. The Morgan fingerprint density at radius 3 is 2.03 bits per heavy atom. The van der Waals surface area contributed by atoms with E-state index in [1.807, 2.05) is 0 Å². The van der Waals surface area contributed by atoms with E-state index in [1.165, 1.54) is 18.2 Å². The van der Waals surface area contributed by atoms with Gasteiger partial charge in [0.2, 0.25) is 17.6 Å². The van der Waals surface area contributed by atoms with Gasteiger partial charge in [0.05, 0.1) is 17.8 Å². The highest BCUT2D eigenvalue weighted by Crippen LogP contribution is 2.59. The van der Waals surface area contributed by atoms with Crippen molar-refractivity contribution < 1.29 is 41.4 Å². The van der Waals surface area contributed by atoms with Crippen LogP contribution in [0, 0.1) is 40.9 Å². The summed E-state index contributed by atoms with van der Waals surface area (Å²) >= 11 is 0. The van der Waals surface area contributed by atoms with Gasteiger partial charge in [-0.3, -0.25) is 14.4 Å². The van der Waals surface area contributed by atoms with E-state index in [9.17, 15) is 41.4 Å². The lowest BCUT2D eigenvalue weighted by atomic mass is 9.56. The fourth-order valence-electron chi connectivity index (χ4n) is 5.06. The Labute approximate surface area is 164 Å². The van der Waals surface area contributed by atoms with Crippen molar-refractivity contribution in [2.24, 2.45) is 11.8 Å². The molecule has 0 spiro atoms. The first kappa shape index (κ1) is 18.7. The summed E-state index contributed by atoms with van der Waals surface area (Å²) in [6.07, 6.45) is -0.194. The number of anilines is 1. The number of carbonyl (C=O) groups is 3. The number of phenolic OH excluding ortho intramolecular Hbond substituents is 1. The fraction of sp³-hybridized carbons (Fsp3) is 0.250. The average molecular weight is 423 g/mol. The first-order valence-corrected chi connectivity index (χ1v) is 8.90. The maximum atomic E-state index is 14.3. The molecule has 2 amide bonds. The normalized spacial score (nSPS) is 27.0. The number of hydrogen-bond donors (Lipinski definition) is 1. The Morgan fingerprint density at radius 1 is 0.833 bits per heavy atom. The van der Waals surface area contributed by atoms with Crippen molar-refractivity contribution >= 4 is 23.3 Å². The second-order valence-corrected chi connectivity index (χ2v) is 7.52.